The van der Waals surface area contributed by atoms with E-state index in [1.54, 1.807) is 16.8 Å². The first-order valence-corrected chi connectivity index (χ1v) is 4.28. The van der Waals surface area contributed by atoms with Gasteiger partial charge in [0.1, 0.15) is 0 Å². The number of nitrogens with zero attached hydrogens (tertiary/aromatic N) is 2. The van der Waals surface area contributed by atoms with Crippen LogP contribution in [0.15, 0.2) is 18.3 Å². The molecule has 0 aliphatic rings. The van der Waals surface area contributed by atoms with Gasteiger partial charge in [-0.2, -0.15) is 5.10 Å². The topological polar surface area (TPSA) is 54.6 Å². The molecule has 2 aromatic heterocycles. The summed E-state index contributed by atoms with van der Waals surface area (Å²) in [5.41, 5.74) is 2.84. The molecule has 0 spiro atoms. The molecule has 72 valence electrons. The normalized spacial score (nSPS) is 10.7. The number of rotatable bonds is 1. The molecular formula is C10H10N2O2. The van der Waals surface area contributed by atoms with Gasteiger partial charge in [0.2, 0.25) is 0 Å². The Bertz CT molecular complexity index is 514. The lowest BCUT2D eigenvalue weighted by Gasteiger charge is -2.01. The van der Waals surface area contributed by atoms with Crippen molar-refractivity contribution in [3.05, 3.63) is 35.2 Å². The van der Waals surface area contributed by atoms with Gasteiger partial charge in [0.15, 0.2) is 0 Å². The number of aromatic carboxylic acids is 1. The largest absolute Gasteiger partial charge is 0.478 e. The molecule has 0 atom stereocenters. The third-order valence-corrected chi connectivity index (χ3v) is 2.32. The van der Waals surface area contributed by atoms with Crippen LogP contribution >= 0.6 is 0 Å². The molecule has 14 heavy (non-hydrogen) atoms. The van der Waals surface area contributed by atoms with E-state index in [2.05, 4.69) is 5.10 Å². The zero-order chi connectivity index (χ0) is 10.3. The summed E-state index contributed by atoms with van der Waals surface area (Å²) in [7, 11) is 0. The molecule has 4 nitrogen and oxygen atoms in total. The Hall–Kier alpha value is -1.84. The van der Waals surface area contributed by atoms with Crippen molar-refractivity contribution in [1.29, 1.82) is 0 Å². The minimum absolute atomic E-state index is 0.292. The Labute approximate surface area is 80.8 Å². The monoisotopic (exact) mass is 190 g/mol. The van der Waals surface area contributed by atoms with E-state index < -0.39 is 5.97 Å². The second kappa shape index (κ2) is 2.83. The van der Waals surface area contributed by atoms with Crippen molar-refractivity contribution in [2.75, 3.05) is 0 Å². The minimum atomic E-state index is -0.919. The Morgan fingerprint density at radius 1 is 1.50 bits per heavy atom. The first kappa shape index (κ1) is 8.74. The number of aryl methyl sites for hydroxylation is 2. The van der Waals surface area contributed by atoms with E-state index in [0.717, 1.165) is 11.3 Å². The van der Waals surface area contributed by atoms with E-state index in [0.29, 0.717) is 11.1 Å². The van der Waals surface area contributed by atoms with Gasteiger partial charge in [-0.3, -0.25) is 0 Å². The number of carboxylic acids is 1. The average Bonchev–Trinajstić information content (AvgIpc) is 2.48. The number of carboxylic acid groups (broad SMARTS) is 1. The van der Waals surface area contributed by atoms with Crippen LogP contribution < -0.4 is 0 Å². The Morgan fingerprint density at radius 2 is 2.21 bits per heavy atom. The quantitative estimate of drug-likeness (QED) is 0.743. The predicted octanol–water partition coefficient (Wildman–Crippen LogP) is 1.65. The van der Waals surface area contributed by atoms with Gasteiger partial charge < -0.3 is 5.11 Å². The standard InChI is InChI=1S/C10H10N2O2/c1-6-5-9-8(10(13)14)3-4-12(9)11-7(6)2/h3-5H,1-2H3,(H,13,14). The maximum absolute atomic E-state index is 10.8. The molecule has 0 saturated heterocycles. The SMILES string of the molecule is Cc1cc2c(C(=O)O)ccn2nc1C. The van der Waals surface area contributed by atoms with Gasteiger partial charge in [-0.05, 0) is 31.5 Å². The molecule has 0 saturated carbocycles. The third-order valence-electron chi connectivity index (χ3n) is 2.32. The molecule has 1 N–H and O–H groups in total. The van der Waals surface area contributed by atoms with E-state index >= 15 is 0 Å². The van der Waals surface area contributed by atoms with E-state index in [4.69, 9.17) is 5.11 Å². The summed E-state index contributed by atoms with van der Waals surface area (Å²) in [5.74, 6) is -0.919. The Balaban J connectivity index is 2.80. The van der Waals surface area contributed by atoms with Crippen molar-refractivity contribution in [3.8, 4) is 0 Å². The van der Waals surface area contributed by atoms with Crippen molar-refractivity contribution in [3.63, 3.8) is 0 Å². The Kier molecular flexibility index (Phi) is 1.77. The molecule has 0 fully saturated rings. The van der Waals surface area contributed by atoms with Gasteiger partial charge in [0, 0.05) is 6.20 Å². The van der Waals surface area contributed by atoms with Crippen LogP contribution in [0.2, 0.25) is 0 Å². The van der Waals surface area contributed by atoms with Gasteiger partial charge in [0.05, 0.1) is 16.8 Å². The van der Waals surface area contributed by atoms with Crippen molar-refractivity contribution in [1.82, 2.24) is 9.61 Å². The second-order valence-electron chi connectivity index (χ2n) is 3.28. The van der Waals surface area contributed by atoms with E-state index in [1.165, 1.54) is 0 Å². The summed E-state index contributed by atoms with van der Waals surface area (Å²) in [5, 5.41) is 13.1. The fourth-order valence-corrected chi connectivity index (χ4v) is 1.40. The molecule has 0 aromatic carbocycles. The summed E-state index contributed by atoms with van der Waals surface area (Å²) in [6.07, 6.45) is 1.66. The molecule has 2 heterocycles. The van der Waals surface area contributed by atoms with E-state index in [1.807, 2.05) is 19.9 Å². The predicted molar refractivity (Wildman–Crippen MR) is 51.6 cm³/mol. The highest BCUT2D eigenvalue weighted by atomic mass is 16.4. The maximum atomic E-state index is 10.8. The van der Waals surface area contributed by atoms with E-state index in [9.17, 15) is 4.79 Å². The zero-order valence-corrected chi connectivity index (χ0v) is 7.98. The molecule has 0 bridgehead atoms. The van der Waals surface area contributed by atoms with Crippen LogP contribution in [-0.4, -0.2) is 20.7 Å². The molecule has 0 unspecified atom stereocenters. The highest BCUT2D eigenvalue weighted by molar-refractivity contribution is 5.95. The molecule has 0 amide bonds. The first-order chi connectivity index (χ1) is 6.59. The Morgan fingerprint density at radius 3 is 2.86 bits per heavy atom. The lowest BCUT2D eigenvalue weighted by molar-refractivity contribution is 0.0699. The first-order valence-electron chi connectivity index (χ1n) is 4.28. The van der Waals surface area contributed by atoms with Crippen molar-refractivity contribution >= 4 is 11.5 Å². The van der Waals surface area contributed by atoms with Gasteiger partial charge >= 0.3 is 5.97 Å². The van der Waals surface area contributed by atoms with Gasteiger partial charge in [-0.1, -0.05) is 0 Å². The summed E-state index contributed by atoms with van der Waals surface area (Å²) >= 11 is 0. The average molecular weight is 190 g/mol. The second-order valence-corrected chi connectivity index (χ2v) is 3.28. The molecule has 4 heteroatoms. The molecule has 0 aliphatic carbocycles. The number of fused-ring (bicyclic) bond motifs is 1. The summed E-state index contributed by atoms with van der Waals surface area (Å²) < 4.78 is 1.59. The van der Waals surface area contributed by atoms with Crippen LogP contribution in [0, 0.1) is 13.8 Å². The number of carbonyl (C=O) groups is 1. The minimum Gasteiger partial charge on any atom is -0.478 e. The maximum Gasteiger partial charge on any atom is 0.337 e. The summed E-state index contributed by atoms with van der Waals surface area (Å²) in [6, 6.07) is 3.40. The van der Waals surface area contributed by atoms with Crippen LogP contribution in [0.3, 0.4) is 0 Å². The zero-order valence-electron chi connectivity index (χ0n) is 7.98. The van der Waals surface area contributed by atoms with Crippen LogP contribution in [0.4, 0.5) is 0 Å². The lowest BCUT2D eigenvalue weighted by Crippen LogP contribution is -1.99. The lowest BCUT2D eigenvalue weighted by atomic mass is 10.2. The smallest absolute Gasteiger partial charge is 0.337 e. The fourth-order valence-electron chi connectivity index (χ4n) is 1.40. The number of hydrogen-bond acceptors (Lipinski definition) is 2. The highest BCUT2D eigenvalue weighted by Crippen LogP contribution is 2.14. The molecule has 2 rings (SSSR count). The van der Waals surface area contributed by atoms with Crippen molar-refractivity contribution in [2.24, 2.45) is 0 Å². The molecular weight excluding hydrogens is 180 g/mol. The van der Waals surface area contributed by atoms with Crippen LogP contribution in [0.1, 0.15) is 21.6 Å². The van der Waals surface area contributed by atoms with Crippen molar-refractivity contribution < 1.29 is 9.90 Å². The van der Waals surface area contributed by atoms with E-state index in [-0.39, 0.29) is 0 Å². The third kappa shape index (κ3) is 1.16. The van der Waals surface area contributed by atoms with Crippen LogP contribution in [0.25, 0.3) is 5.52 Å². The van der Waals surface area contributed by atoms with Gasteiger partial charge in [-0.15, -0.1) is 0 Å². The van der Waals surface area contributed by atoms with Gasteiger partial charge in [0.25, 0.3) is 0 Å². The summed E-state index contributed by atoms with van der Waals surface area (Å²) in [4.78, 5) is 10.8. The highest BCUT2D eigenvalue weighted by Gasteiger charge is 2.10. The molecule has 0 aliphatic heterocycles. The van der Waals surface area contributed by atoms with Gasteiger partial charge in [-0.25, -0.2) is 9.31 Å². The number of aromatic nitrogens is 2. The van der Waals surface area contributed by atoms with Crippen LogP contribution in [-0.2, 0) is 0 Å². The van der Waals surface area contributed by atoms with Crippen LogP contribution in [0.5, 0.6) is 0 Å². The molecule has 2 aromatic rings. The number of hydrogen-bond donors (Lipinski definition) is 1. The summed E-state index contributed by atoms with van der Waals surface area (Å²) in [6.45, 7) is 3.82. The fraction of sp³-hybridized carbons (Fsp3) is 0.200. The molecule has 0 radical (unpaired) electrons. The van der Waals surface area contributed by atoms with Crippen molar-refractivity contribution in [2.45, 2.75) is 13.8 Å².